The minimum atomic E-state index is -3.92. The van der Waals surface area contributed by atoms with Crippen molar-refractivity contribution in [2.24, 2.45) is 5.41 Å². The second-order valence-electron chi connectivity index (χ2n) is 5.78. The molecule has 0 bridgehead atoms. The number of hydrogen-bond acceptors (Lipinski definition) is 5. The van der Waals surface area contributed by atoms with E-state index in [4.69, 9.17) is 19.8 Å². The molecule has 2 atom stereocenters. The van der Waals surface area contributed by atoms with E-state index in [1.807, 2.05) is 13.8 Å². The van der Waals surface area contributed by atoms with Crippen LogP contribution in [0.1, 0.15) is 36.6 Å². The molecule has 1 fully saturated rings. The van der Waals surface area contributed by atoms with Crippen LogP contribution in [0.15, 0.2) is 15.4 Å². The first-order valence-corrected chi connectivity index (χ1v) is 8.77. The zero-order chi connectivity index (χ0) is 16.0. The van der Waals surface area contributed by atoms with Crippen LogP contribution in [0.25, 0.3) is 0 Å². The summed E-state index contributed by atoms with van der Waals surface area (Å²) in [7, 11) is 2.99. The molecule has 1 N–H and O–H groups in total. The van der Waals surface area contributed by atoms with Crippen molar-refractivity contribution < 1.29 is 22.4 Å². The van der Waals surface area contributed by atoms with Crippen LogP contribution in [0.5, 0.6) is 0 Å². The van der Waals surface area contributed by atoms with E-state index in [2.05, 4.69) is 5.32 Å². The second kappa shape index (κ2) is 5.30. The van der Waals surface area contributed by atoms with Crippen LogP contribution in [0.2, 0.25) is 0 Å². The van der Waals surface area contributed by atoms with Gasteiger partial charge >= 0.3 is 0 Å². The van der Waals surface area contributed by atoms with E-state index in [0.717, 1.165) is 6.07 Å². The van der Waals surface area contributed by atoms with Gasteiger partial charge in [0.2, 0.25) is 0 Å². The lowest BCUT2D eigenvalue weighted by Crippen LogP contribution is -2.61. The number of aryl methyl sites for hydroxylation is 1. The summed E-state index contributed by atoms with van der Waals surface area (Å²) < 4.78 is 33.1. The second-order valence-corrected chi connectivity index (χ2v) is 8.31. The van der Waals surface area contributed by atoms with E-state index in [1.54, 1.807) is 7.11 Å². The van der Waals surface area contributed by atoms with Crippen molar-refractivity contribution in [3.05, 3.63) is 17.6 Å². The number of methoxy groups -OCH3 is 1. The smallest absolute Gasteiger partial charge is 0.287 e. The third-order valence-electron chi connectivity index (χ3n) is 4.13. The first kappa shape index (κ1) is 16.3. The molecule has 8 heteroatoms. The van der Waals surface area contributed by atoms with Crippen molar-refractivity contribution in [2.45, 2.75) is 44.2 Å². The van der Waals surface area contributed by atoms with Gasteiger partial charge in [0.25, 0.3) is 15.0 Å². The molecule has 0 aromatic carbocycles. The lowest BCUT2D eigenvalue weighted by molar-refractivity contribution is -0.0943. The summed E-state index contributed by atoms with van der Waals surface area (Å²) in [6.45, 7) is 5.44. The van der Waals surface area contributed by atoms with Gasteiger partial charge in [-0.05, 0) is 13.3 Å². The van der Waals surface area contributed by atoms with Gasteiger partial charge in [-0.25, -0.2) is 8.42 Å². The van der Waals surface area contributed by atoms with Crippen LogP contribution in [-0.4, -0.2) is 33.6 Å². The molecule has 0 aliphatic heterocycles. The Bertz CT molecular complexity index is 664. The number of nitrogens with one attached hydrogen (secondary N) is 1. The molecule has 1 aliphatic carbocycles. The SMILES string of the molecule is COC1CC(NC(=O)c2cc(S(=O)(=O)Cl)c(C)o2)C1(C)C. The van der Waals surface area contributed by atoms with E-state index in [9.17, 15) is 13.2 Å². The van der Waals surface area contributed by atoms with Crippen LogP contribution in [0.3, 0.4) is 0 Å². The quantitative estimate of drug-likeness (QED) is 0.851. The lowest BCUT2D eigenvalue weighted by Gasteiger charge is -2.51. The maximum absolute atomic E-state index is 12.1. The van der Waals surface area contributed by atoms with E-state index in [1.165, 1.54) is 6.92 Å². The third-order valence-corrected chi connectivity index (χ3v) is 5.56. The van der Waals surface area contributed by atoms with Crippen LogP contribution in [0, 0.1) is 12.3 Å². The number of hydrogen-bond donors (Lipinski definition) is 1. The van der Waals surface area contributed by atoms with E-state index in [0.29, 0.717) is 6.42 Å². The van der Waals surface area contributed by atoms with Gasteiger partial charge in [-0.2, -0.15) is 0 Å². The highest BCUT2D eigenvalue weighted by Gasteiger charge is 2.49. The number of halogens is 1. The Labute approximate surface area is 128 Å². The lowest BCUT2D eigenvalue weighted by atomic mass is 9.64. The average Bonchev–Trinajstić information content (AvgIpc) is 2.75. The van der Waals surface area contributed by atoms with Crippen LogP contribution in [-0.2, 0) is 13.8 Å². The van der Waals surface area contributed by atoms with Gasteiger partial charge in [-0.15, -0.1) is 0 Å². The van der Waals surface area contributed by atoms with Crippen molar-refractivity contribution in [1.29, 1.82) is 0 Å². The van der Waals surface area contributed by atoms with Crippen molar-refractivity contribution in [3.63, 3.8) is 0 Å². The van der Waals surface area contributed by atoms with E-state index in [-0.39, 0.29) is 34.0 Å². The van der Waals surface area contributed by atoms with Crippen LogP contribution >= 0.6 is 10.7 Å². The van der Waals surface area contributed by atoms with Crippen molar-refractivity contribution in [2.75, 3.05) is 7.11 Å². The molecule has 1 amide bonds. The molecule has 0 saturated heterocycles. The monoisotopic (exact) mass is 335 g/mol. The topological polar surface area (TPSA) is 85.6 Å². The van der Waals surface area contributed by atoms with E-state index >= 15 is 0 Å². The molecule has 0 radical (unpaired) electrons. The van der Waals surface area contributed by atoms with Gasteiger partial charge < -0.3 is 14.5 Å². The van der Waals surface area contributed by atoms with Gasteiger partial charge in [-0.1, -0.05) is 13.8 Å². The molecule has 1 aromatic heterocycles. The molecular weight excluding hydrogens is 318 g/mol. The number of rotatable bonds is 4. The summed E-state index contributed by atoms with van der Waals surface area (Å²) in [5.74, 6) is -0.432. The van der Waals surface area contributed by atoms with Gasteiger partial charge in [0.05, 0.1) is 6.10 Å². The zero-order valence-electron chi connectivity index (χ0n) is 12.3. The highest BCUT2D eigenvalue weighted by molar-refractivity contribution is 8.13. The summed E-state index contributed by atoms with van der Waals surface area (Å²) in [5, 5.41) is 2.83. The molecule has 1 heterocycles. The van der Waals surface area contributed by atoms with Gasteiger partial charge in [0.1, 0.15) is 10.7 Å². The maximum Gasteiger partial charge on any atom is 0.287 e. The molecule has 2 unspecified atom stereocenters. The molecule has 2 rings (SSSR count). The van der Waals surface area contributed by atoms with E-state index < -0.39 is 15.0 Å². The predicted octanol–water partition coefficient (Wildman–Crippen LogP) is 2.06. The minimum absolute atomic E-state index is 0.0589. The number of ether oxygens (including phenoxy) is 1. The fourth-order valence-corrected chi connectivity index (χ4v) is 3.67. The Balaban J connectivity index is 2.13. The van der Waals surface area contributed by atoms with Crippen molar-refractivity contribution >= 4 is 25.6 Å². The molecule has 21 heavy (non-hydrogen) atoms. The molecule has 1 saturated carbocycles. The normalized spacial score (nSPS) is 24.4. The largest absolute Gasteiger partial charge is 0.455 e. The Morgan fingerprint density at radius 2 is 2.14 bits per heavy atom. The highest BCUT2D eigenvalue weighted by Crippen LogP contribution is 2.42. The van der Waals surface area contributed by atoms with Crippen LogP contribution < -0.4 is 5.32 Å². The fourth-order valence-electron chi connectivity index (χ4n) is 2.58. The molecular formula is C13H18ClNO5S. The summed E-state index contributed by atoms with van der Waals surface area (Å²) in [4.78, 5) is 12.0. The maximum atomic E-state index is 12.1. The molecule has 0 spiro atoms. The average molecular weight is 336 g/mol. The molecule has 1 aromatic rings. The van der Waals surface area contributed by atoms with Gasteiger partial charge in [0.15, 0.2) is 5.76 Å². The highest BCUT2D eigenvalue weighted by atomic mass is 35.7. The van der Waals surface area contributed by atoms with Gasteiger partial charge in [-0.3, -0.25) is 4.79 Å². The summed E-state index contributed by atoms with van der Waals surface area (Å²) in [6.07, 6.45) is 0.787. The Hall–Kier alpha value is -1.05. The summed E-state index contributed by atoms with van der Waals surface area (Å²) in [5.41, 5.74) is -0.187. The fraction of sp³-hybridized carbons (Fsp3) is 0.615. The third kappa shape index (κ3) is 2.95. The van der Waals surface area contributed by atoms with Crippen molar-refractivity contribution in [1.82, 2.24) is 5.32 Å². The Morgan fingerprint density at radius 1 is 1.52 bits per heavy atom. The minimum Gasteiger partial charge on any atom is -0.455 e. The zero-order valence-corrected chi connectivity index (χ0v) is 13.8. The van der Waals surface area contributed by atoms with Crippen LogP contribution in [0.4, 0.5) is 0 Å². The van der Waals surface area contributed by atoms with Crippen molar-refractivity contribution in [3.8, 4) is 0 Å². The first-order chi connectivity index (χ1) is 9.57. The van der Waals surface area contributed by atoms with Gasteiger partial charge in [0, 0.05) is 35.3 Å². The number of amides is 1. The Kier molecular flexibility index (Phi) is 4.12. The number of carbonyl (C=O) groups is 1. The first-order valence-electron chi connectivity index (χ1n) is 6.46. The molecule has 1 aliphatic rings. The predicted molar refractivity (Wildman–Crippen MR) is 76.9 cm³/mol. The summed E-state index contributed by atoms with van der Waals surface area (Å²) >= 11 is 0. The molecule has 6 nitrogen and oxygen atoms in total. The number of carbonyl (C=O) groups excluding carboxylic acids is 1. The number of furan rings is 1. The Morgan fingerprint density at radius 3 is 2.57 bits per heavy atom. The standard InChI is InChI=1S/C13H18ClNO5S/c1-7-9(21(14,17)18)5-8(20-7)12(16)15-10-6-11(19-4)13(10,2)3/h5,10-11H,6H2,1-4H3,(H,15,16). The summed E-state index contributed by atoms with van der Waals surface area (Å²) in [6, 6.07) is 1.09. The molecule has 118 valence electrons.